The fourth-order valence-electron chi connectivity index (χ4n) is 3.83. The molecule has 1 aromatic carbocycles. The predicted molar refractivity (Wildman–Crippen MR) is 103 cm³/mol. The van der Waals surface area contributed by atoms with E-state index in [2.05, 4.69) is 35.0 Å². The standard InChI is InChI=1S/C19H27N3O2S/c1-4-10-25(23,24)19(20-2)14-7-8-18-17(12-14)15(13-21-18)11-16-6-5-9-22(16)3/h4,7-8,12-13,16,19-21H,1,5-6,9-11H2,2-3H3/t16-,19?/m1/s1. The molecular formula is C19H27N3O2S. The van der Waals surface area contributed by atoms with Gasteiger partial charge in [0, 0.05) is 23.1 Å². The van der Waals surface area contributed by atoms with Crippen LogP contribution in [0.15, 0.2) is 37.1 Å². The number of H-pyrrole nitrogens is 1. The molecule has 1 fully saturated rings. The summed E-state index contributed by atoms with van der Waals surface area (Å²) in [5.41, 5.74) is 3.08. The predicted octanol–water partition coefficient (Wildman–Crippen LogP) is 2.62. The second-order valence-electron chi connectivity index (χ2n) is 6.89. The minimum atomic E-state index is -3.32. The summed E-state index contributed by atoms with van der Waals surface area (Å²) in [6.07, 6.45) is 6.96. The van der Waals surface area contributed by atoms with Gasteiger partial charge in [-0.1, -0.05) is 12.1 Å². The Balaban J connectivity index is 1.95. The van der Waals surface area contributed by atoms with Crippen LogP contribution in [-0.2, 0) is 16.3 Å². The SMILES string of the molecule is C=CCS(=O)(=O)C(NC)c1ccc2[nH]cc(C[C@H]3CCCN3C)c2c1. The van der Waals surface area contributed by atoms with E-state index in [1.807, 2.05) is 18.2 Å². The van der Waals surface area contributed by atoms with Crippen molar-refractivity contribution in [2.45, 2.75) is 30.7 Å². The lowest BCUT2D eigenvalue weighted by atomic mass is 10.0. The molecule has 2 aromatic rings. The van der Waals surface area contributed by atoms with Crippen LogP contribution in [0.2, 0.25) is 0 Å². The number of sulfone groups is 1. The molecule has 0 saturated carbocycles. The molecule has 0 aliphatic carbocycles. The number of hydrogen-bond acceptors (Lipinski definition) is 4. The summed E-state index contributed by atoms with van der Waals surface area (Å²) in [4.78, 5) is 5.73. The molecule has 1 aromatic heterocycles. The number of likely N-dealkylation sites (tertiary alicyclic amines) is 1. The first-order valence-corrected chi connectivity index (χ1v) is 10.5. The summed E-state index contributed by atoms with van der Waals surface area (Å²) >= 11 is 0. The van der Waals surface area contributed by atoms with Gasteiger partial charge >= 0.3 is 0 Å². The number of rotatable bonds is 7. The van der Waals surface area contributed by atoms with Crippen molar-refractivity contribution in [1.82, 2.24) is 15.2 Å². The zero-order valence-corrected chi connectivity index (χ0v) is 15.8. The average molecular weight is 362 g/mol. The summed E-state index contributed by atoms with van der Waals surface area (Å²) in [5.74, 6) is -0.0383. The van der Waals surface area contributed by atoms with Crippen LogP contribution in [0.5, 0.6) is 0 Å². The highest BCUT2D eigenvalue weighted by atomic mass is 32.2. The molecule has 136 valence electrons. The van der Waals surface area contributed by atoms with E-state index in [1.165, 1.54) is 24.5 Å². The fraction of sp³-hybridized carbons (Fsp3) is 0.474. The van der Waals surface area contributed by atoms with Gasteiger partial charge in [-0.05, 0) is 63.2 Å². The first kappa shape index (κ1) is 18.2. The zero-order valence-electron chi connectivity index (χ0n) is 15.0. The van der Waals surface area contributed by atoms with E-state index < -0.39 is 15.2 Å². The fourth-order valence-corrected chi connectivity index (χ4v) is 5.27. The van der Waals surface area contributed by atoms with Crippen molar-refractivity contribution in [3.8, 4) is 0 Å². The Kier molecular flexibility index (Phi) is 5.32. The van der Waals surface area contributed by atoms with Crippen molar-refractivity contribution < 1.29 is 8.42 Å². The maximum Gasteiger partial charge on any atom is 0.173 e. The molecule has 2 atom stereocenters. The van der Waals surface area contributed by atoms with Gasteiger partial charge in [0.05, 0.1) is 5.75 Å². The Morgan fingerprint density at radius 3 is 2.92 bits per heavy atom. The molecule has 25 heavy (non-hydrogen) atoms. The van der Waals surface area contributed by atoms with Gasteiger partial charge in [0.15, 0.2) is 9.84 Å². The summed E-state index contributed by atoms with van der Waals surface area (Å²) in [6.45, 7) is 4.71. The molecule has 0 radical (unpaired) electrons. The van der Waals surface area contributed by atoms with E-state index in [9.17, 15) is 8.42 Å². The van der Waals surface area contributed by atoms with Crippen molar-refractivity contribution in [3.05, 3.63) is 48.2 Å². The molecular weight excluding hydrogens is 334 g/mol. The van der Waals surface area contributed by atoms with Gasteiger partial charge in [-0.15, -0.1) is 6.58 Å². The molecule has 1 aliphatic rings. The van der Waals surface area contributed by atoms with Crippen LogP contribution < -0.4 is 5.32 Å². The van der Waals surface area contributed by atoms with Gasteiger partial charge in [-0.25, -0.2) is 8.42 Å². The normalized spacial score (nSPS) is 20.2. The Labute approximate surface area is 150 Å². The minimum absolute atomic E-state index is 0.0383. The minimum Gasteiger partial charge on any atom is -0.361 e. The summed E-state index contributed by atoms with van der Waals surface area (Å²) in [7, 11) is 0.540. The first-order valence-electron chi connectivity index (χ1n) is 8.76. The third-order valence-corrected chi connectivity index (χ3v) is 7.12. The van der Waals surface area contributed by atoms with E-state index in [-0.39, 0.29) is 5.75 Å². The number of aromatic nitrogens is 1. The van der Waals surface area contributed by atoms with Gasteiger partial charge in [-0.3, -0.25) is 0 Å². The second kappa shape index (κ2) is 7.32. The molecule has 5 nitrogen and oxygen atoms in total. The highest BCUT2D eigenvalue weighted by Gasteiger charge is 2.26. The quantitative estimate of drug-likeness (QED) is 0.744. The molecule has 1 saturated heterocycles. The van der Waals surface area contributed by atoms with Gasteiger partial charge < -0.3 is 15.2 Å². The van der Waals surface area contributed by atoms with Crippen molar-refractivity contribution in [2.24, 2.45) is 0 Å². The first-order chi connectivity index (χ1) is 12.0. The topological polar surface area (TPSA) is 65.2 Å². The lowest BCUT2D eigenvalue weighted by Gasteiger charge is -2.19. The maximum atomic E-state index is 12.5. The van der Waals surface area contributed by atoms with Crippen molar-refractivity contribution in [3.63, 3.8) is 0 Å². The molecule has 6 heteroatoms. The third-order valence-electron chi connectivity index (χ3n) is 5.19. The number of fused-ring (bicyclic) bond motifs is 1. The molecule has 0 spiro atoms. The molecule has 2 N–H and O–H groups in total. The summed E-state index contributed by atoms with van der Waals surface area (Å²) < 4.78 is 25.0. The Bertz CT molecular complexity index is 857. The monoisotopic (exact) mass is 361 g/mol. The number of nitrogens with zero attached hydrogens (tertiary/aromatic N) is 1. The number of hydrogen-bond donors (Lipinski definition) is 2. The van der Waals surface area contributed by atoms with Crippen LogP contribution in [0.1, 0.15) is 29.3 Å². The van der Waals surface area contributed by atoms with E-state index in [0.717, 1.165) is 29.4 Å². The van der Waals surface area contributed by atoms with Crippen molar-refractivity contribution in [2.75, 3.05) is 26.4 Å². The van der Waals surface area contributed by atoms with Gasteiger partial charge in [-0.2, -0.15) is 0 Å². The van der Waals surface area contributed by atoms with Gasteiger partial charge in [0.25, 0.3) is 0 Å². The number of aromatic amines is 1. The molecule has 1 unspecified atom stereocenters. The van der Waals surface area contributed by atoms with E-state index >= 15 is 0 Å². The maximum absolute atomic E-state index is 12.5. The van der Waals surface area contributed by atoms with Crippen LogP contribution in [0.3, 0.4) is 0 Å². The average Bonchev–Trinajstić information content (AvgIpc) is 3.15. The lowest BCUT2D eigenvalue weighted by Crippen LogP contribution is -2.27. The summed E-state index contributed by atoms with van der Waals surface area (Å²) in [5, 5.41) is 3.35. The lowest BCUT2D eigenvalue weighted by molar-refractivity contribution is 0.310. The molecule has 2 heterocycles. The summed E-state index contributed by atoms with van der Waals surface area (Å²) in [6, 6.07) is 6.43. The Hall–Kier alpha value is -1.63. The molecule has 1 aliphatic heterocycles. The number of likely N-dealkylation sites (N-methyl/N-ethyl adjacent to an activating group) is 1. The van der Waals surface area contributed by atoms with Gasteiger partial charge in [0.2, 0.25) is 0 Å². The molecule has 3 rings (SSSR count). The Morgan fingerprint density at radius 1 is 1.48 bits per heavy atom. The highest BCUT2D eigenvalue weighted by Crippen LogP contribution is 2.29. The molecule has 0 bridgehead atoms. The number of benzene rings is 1. The van der Waals surface area contributed by atoms with Crippen LogP contribution in [0.25, 0.3) is 10.9 Å². The van der Waals surface area contributed by atoms with Crippen LogP contribution in [0.4, 0.5) is 0 Å². The Morgan fingerprint density at radius 2 is 2.28 bits per heavy atom. The van der Waals surface area contributed by atoms with Crippen LogP contribution in [-0.4, -0.2) is 50.7 Å². The highest BCUT2D eigenvalue weighted by molar-refractivity contribution is 7.91. The van der Waals surface area contributed by atoms with E-state index in [4.69, 9.17) is 0 Å². The van der Waals surface area contributed by atoms with Crippen LogP contribution in [0, 0.1) is 0 Å². The smallest absolute Gasteiger partial charge is 0.173 e. The van der Waals surface area contributed by atoms with Gasteiger partial charge in [0.1, 0.15) is 5.37 Å². The van der Waals surface area contributed by atoms with Crippen LogP contribution >= 0.6 is 0 Å². The molecule has 0 amide bonds. The van der Waals surface area contributed by atoms with E-state index in [1.54, 1.807) is 7.05 Å². The van der Waals surface area contributed by atoms with E-state index in [0.29, 0.717) is 6.04 Å². The zero-order chi connectivity index (χ0) is 18.0. The second-order valence-corrected chi connectivity index (χ2v) is 9.02. The largest absolute Gasteiger partial charge is 0.361 e. The third kappa shape index (κ3) is 3.66. The van der Waals surface area contributed by atoms with Crippen molar-refractivity contribution >= 4 is 20.7 Å². The van der Waals surface area contributed by atoms with Crippen molar-refractivity contribution in [1.29, 1.82) is 0 Å². The number of nitrogens with one attached hydrogen (secondary N) is 2.